The molecule has 0 fully saturated rings. The van der Waals surface area contributed by atoms with Gasteiger partial charge in [0.05, 0.1) is 6.10 Å². The molecule has 0 rings (SSSR count). The van der Waals surface area contributed by atoms with Crippen LogP contribution < -0.4 is 0 Å². The van der Waals surface area contributed by atoms with Crippen LogP contribution in [0.5, 0.6) is 0 Å². The van der Waals surface area contributed by atoms with Crippen molar-refractivity contribution in [2.24, 2.45) is 11.3 Å². The molecule has 0 aliphatic heterocycles. The summed E-state index contributed by atoms with van der Waals surface area (Å²) in [5, 5.41) is 9.75. The van der Waals surface area contributed by atoms with Crippen LogP contribution in [0.15, 0.2) is 12.7 Å². The van der Waals surface area contributed by atoms with E-state index in [0.717, 1.165) is 12.8 Å². The summed E-state index contributed by atoms with van der Waals surface area (Å²) in [6.45, 7) is 12.0. The van der Waals surface area contributed by atoms with Crippen LogP contribution in [0.4, 0.5) is 0 Å². The van der Waals surface area contributed by atoms with Crippen molar-refractivity contribution in [3.8, 4) is 0 Å². The number of rotatable bonds is 4. The normalized spacial score (nSPS) is 17.1. The Morgan fingerprint density at radius 1 is 1.42 bits per heavy atom. The first kappa shape index (κ1) is 11.7. The second-order valence-corrected chi connectivity index (χ2v) is 4.75. The highest BCUT2D eigenvalue weighted by atomic mass is 16.3. The van der Waals surface area contributed by atoms with E-state index in [1.807, 2.05) is 6.08 Å². The zero-order valence-corrected chi connectivity index (χ0v) is 8.80. The van der Waals surface area contributed by atoms with Crippen LogP contribution in [0, 0.1) is 11.3 Å². The Hall–Kier alpha value is -0.300. The highest BCUT2D eigenvalue weighted by Gasteiger charge is 2.23. The molecule has 0 heterocycles. The maximum atomic E-state index is 9.75. The number of hydrogen-bond acceptors (Lipinski definition) is 1. The Bertz CT molecular complexity index is 132. The molecule has 1 heteroatoms. The monoisotopic (exact) mass is 170 g/mol. The van der Waals surface area contributed by atoms with Crippen LogP contribution in [0.1, 0.15) is 40.5 Å². The molecule has 72 valence electrons. The molecular formula is C11H22O. The molecule has 0 radical (unpaired) electrons. The van der Waals surface area contributed by atoms with Crippen LogP contribution >= 0.6 is 0 Å². The van der Waals surface area contributed by atoms with Gasteiger partial charge in [-0.2, -0.15) is 0 Å². The second kappa shape index (κ2) is 4.66. The maximum absolute atomic E-state index is 9.75. The Morgan fingerprint density at radius 2 is 1.92 bits per heavy atom. The molecule has 0 aromatic carbocycles. The van der Waals surface area contributed by atoms with Crippen molar-refractivity contribution < 1.29 is 5.11 Å². The van der Waals surface area contributed by atoms with Gasteiger partial charge in [0.2, 0.25) is 0 Å². The SMILES string of the molecule is C=CC[C@@H](C)C[C@@H](O)C(C)(C)C. The van der Waals surface area contributed by atoms with Crippen molar-refractivity contribution in [3.05, 3.63) is 12.7 Å². The third-order valence-corrected chi connectivity index (χ3v) is 2.19. The Morgan fingerprint density at radius 3 is 2.25 bits per heavy atom. The molecular weight excluding hydrogens is 148 g/mol. The van der Waals surface area contributed by atoms with Gasteiger partial charge in [0.1, 0.15) is 0 Å². The van der Waals surface area contributed by atoms with Gasteiger partial charge in [-0.25, -0.2) is 0 Å². The number of allylic oxidation sites excluding steroid dienone is 1. The van der Waals surface area contributed by atoms with Crippen LogP contribution in [0.2, 0.25) is 0 Å². The van der Waals surface area contributed by atoms with E-state index in [9.17, 15) is 5.11 Å². The van der Waals surface area contributed by atoms with E-state index in [-0.39, 0.29) is 11.5 Å². The van der Waals surface area contributed by atoms with Gasteiger partial charge in [-0.05, 0) is 24.2 Å². The maximum Gasteiger partial charge on any atom is 0.0591 e. The Kier molecular flexibility index (Phi) is 4.54. The fraction of sp³-hybridized carbons (Fsp3) is 0.818. The Balaban J connectivity index is 3.83. The van der Waals surface area contributed by atoms with Gasteiger partial charge < -0.3 is 5.11 Å². The molecule has 0 unspecified atom stereocenters. The highest BCUT2D eigenvalue weighted by Crippen LogP contribution is 2.25. The molecule has 0 amide bonds. The summed E-state index contributed by atoms with van der Waals surface area (Å²) in [7, 11) is 0. The van der Waals surface area contributed by atoms with E-state index in [1.165, 1.54) is 0 Å². The lowest BCUT2D eigenvalue weighted by molar-refractivity contribution is 0.0435. The average Bonchev–Trinajstić information content (AvgIpc) is 1.85. The first-order valence-corrected chi connectivity index (χ1v) is 4.67. The second-order valence-electron chi connectivity index (χ2n) is 4.75. The van der Waals surface area contributed by atoms with Gasteiger partial charge >= 0.3 is 0 Å². The zero-order chi connectivity index (χ0) is 9.78. The summed E-state index contributed by atoms with van der Waals surface area (Å²) in [6.07, 6.45) is 3.58. The van der Waals surface area contributed by atoms with Crippen molar-refractivity contribution >= 4 is 0 Å². The minimum absolute atomic E-state index is 0.00936. The third kappa shape index (κ3) is 4.55. The van der Waals surface area contributed by atoms with Crippen LogP contribution in [-0.2, 0) is 0 Å². The van der Waals surface area contributed by atoms with Gasteiger partial charge in [-0.3, -0.25) is 0 Å². The van der Waals surface area contributed by atoms with Crippen molar-refractivity contribution in [1.29, 1.82) is 0 Å². The van der Waals surface area contributed by atoms with E-state index in [0.29, 0.717) is 5.92 Å². The molecule has 2 atom stereocenters. The summed E-state index contributed by atoms with van der Waals surface area (Å²) in [5.74, 6) is 0.539. The molecule has 0 aromatic heterocycles. The number of hydrogen-bond donors (Lipinski definition) is 1. The van der Waals surface area contributed by atoms with Crippen molar-refractivity contribution in [3.63, 3.8) is 0 Å². The van der Waals surface area contributed by atoms with Gasteiger partial charge in [-0.15, -0.1) is 6.58 Å². The summed E-state index contributed by atoms with van der Waals surface area (Å²) < 4.78 is 0. The van der Waals surface area contributed by atoms with Crippen LogP contribution in [0.3, 0.4) is 0 Å². The Labute approximate surface area is 76.5 Å². The number of aliphatic hydroxyl groups is 1. The molecule has 0 aromatic rings. The topological polar surface area (TPSA) is 20.2 Å². The quantitative estimate of drug-likeness (QED) is 0.643. The lowest BCUT2D eigenvalue weighted by Crippen LogP contribution is -2.27. The minimum Gasteiger partial charge on any atom is -0.393 e. The molecule has 0 saturated heterocycles. The zero-order valence-electron chi connectivity index (χ0n) is 8.80. The minimum atomic E-state index is -0.201. The van der Waals surface area contributed by atoms with Gasteiger partial charge in [0.15, 0.2) is 0 Å². The predicted molar refractivity (Wildman–Crippen MR) is 54.1 cm³/mol. The first-order chi connectivity index (χ1) is 5.38. The van der Waals surface area contributed by atoms with Crippen molar-refractivity contribution in [2.45, 2.75) is 46.6 Å². The van der Waals surface area contributed by atoms with Gasteiger partial charge in [0, 0.05) is 0 Å². The first-order valence-electron chi connectivity index (χ1n) is 4.67. The molecule has 0 bridgehead atoms. The summed E-state index contributed by atoms with van der Waals surface area (Å²) in [6, 6.07) is 0. The summed E-state index contributed by atoms with van der Waals surface area (Å²) in [4.78, 5) is 0. The molecule has 0 spiro atoms. The lowest BCUT2D eigenvalue weighted by Gasteiger charge is -2.27. The van der Waals surface area contributed by atoms with E-state index in [4.69, 9.17) is 0 Å². The van der Waals surface area contributed by atoms with Crippen molar-refractivity contribution in [2.75, 3.05) is 0 Å². The van der Waals surface area contributed by atoms with E-state index < -0.39 is 0 Å². The molecule has 0 aliphatic carbocycles. The van der Waals surface area contributed by atoms with E-state index in [1.54, 1.807) is 0 Å². The fourth-order valence-corrected chi connectivity index (χ4v) is 1.12. The van der Waals surface area contributed by atoms with Crippen LogP contribution in [-0.4, -0.2) is 11.2 Å². The summed E-state index contributed by atoms with van der Waals surface area (Å²) >= 11 is 0. The van der Waals surface area contributed by atoms with Gasteiger partial charge in [0.25, 0.3) is 0 Å². The van der Waals surface area contributed by atoms with E-state index >= 15 is 0 Å². The molecule has 0 saturated carbocycles. The fourth-order valence-electron chi connectivity index (χ4n) is 1.12. The van der Waals surface area contributed by atoms with Crippen molar-refractivity contribution in [1.82, 2.24) is 0 Å². The summed E-state index contributed by atoms with van der Waals surface area (Å²) in [5.41, 5.74) is 0.00936. The molecule has 0 aliphatic rings. The average molecular weight is 170 g/mol. The lowest BCUT2D eigenvalue weighted by atomic mass is 9.83. The van der Waals surface area contributed by atoms with Gasteiger partial charge in [-0.1, -0.05) is 33.8 Å². The highest BCUT2D eigenvalue weighted by molar-refractivity contribution is 4.78. The third-order valence-electron chi connectivity index (χ3n) is 2.19. The molecule has 12 heavy (non-hydrogen) atoms. The van der Waals surface area contributed by atoms with Crippen LogP contribution in [0.25, 0.3) is 0 Å². The standard InChI is InChI=1S/C11H22O/c1-6-7-9(2)8-10(12)11(3,4)5/h6,9-10,12H,1,7-8H2,2-5H3/t9-,10-/m1/s1. The largest absolute Gasteiger partial charge is 0.393 e. The smallest absolute Gasteiger partial charge is 0.0591 e. The van der Waals surface area contributed by atoms with E-state index in [2.05, 4.69) is 34.3 Å². The molecule has 1 nitrogen and oxygen atoms in total. The molecule has 1 N–H and O–H groups in total. The predicted octanol–water partition coefficient (Wildman–Crippen LogP) is 3.00. The number of aliphatic hydroxyl groups excluding tert-OH is 1.